The minimum Gasteiger partial charge on any atom is -0.392 e. The Labute approximate surface area is 102 Å². The summed E-state index contributed by atoms with van der Waals surface area (Å²) in [7, 11) is 1.72. The third kappa shape index (κ3) is 2.07. The Kier molecular flexibility index (Phi) is 3.45. The van der Waals surface area contributed by atoms with E-state index in [4.69, 9.17) is 4.74 Å². The van der Waals surface area contributed by atoms with Crippen molar-refractivity contribution in [3.8, 4) is 0 Å². The molecule has 0 amide bonds. The first-order valence-electron chi connectivity index (χ1n) is 6.15. The van der Waals surface area contributed by atoms with Crippen molar-refractivity contribution in [1.29, 1.82) is 0 Å². The molecule has 1 saturated carbocycles. The second-order valence-corrected chi connectivity index (χ2v) is 4.97. The van der Waals surface area contributed by atoms with Crippen LogP contribution in [0.4, 0.5) is 0 Å². The number of nitrogens with zero attached hydrogens (tertiary/aromatic N) is 2. The van der Waals surface area contributed by atoms with E-state index in [9.17, 15) is 5.11 Å². The van der Waals surface area contributed by atoms with Gasteiger partial charge in [-0.15, -0.1) is 0 Å². The SMILES string of the molecule is COC1(c2ncc(CO)c(C(C)C)n2)CCC1. The van der Waals surface area contributed by atoms with Gasteiger partial charge < -0.3 is 9.84 Å². The topological polar surface area (TPSA) is 55.2 Å². The first-order valence-corrected chi connectivity index (χ1v) is 6.15. The summed E-state index contributed by atoms with van der Waals surface area (Å²) in [6.45, 7) is 4.14. The molecule has 1 aliphatic rings. The Morgan fingerprint density at radius 1 is 1.47 bits per heavy atom. The van der Waals surface area contributed by atoms with Gasteiger partial charge in [0.1, 0.15) is 5.60 Å². The van der Waals surface area contributed by atoms with Crippen LogP contribution < -0.4 is 0 Å². The molecule has 0 radical (unpaired) electrons. The summed E-state index contributed by atoms with van der Waals surface area (Å²) in [5.74, 6) is 1.06. The fraction of sp³-hybridized carbons (Fsp3) is 0.692. The number of hydrogen-bond acceptors (Lipinski definition) is 4. The van der Waals surface area contributed by atoms with Gasteiger partial charge in [-0.3, -0.25) is 0 Å². The second-order valence-electron chi connectivity index (χ2n) is 4.97. The average Bonchev–Trinajstić information content (AvgIpc) is 2.28. The zero-order chi connectivity index (χ0) is 12.5. The van der Waals surface area contributed by atoms with Crippen molar-refractivity contribution in [2.24, 2.45) is 0 Å². The lowest BCUT2D eigenvalue weighted by Crippen LogP contribution is -2.38. The van der Waals surface area contributed by atoms with Crippen LogP contribution in [0.1, 0.15) is 56.1 Å². The molecule has 0 unspecified atom stereocenters. The van der Waals surface area contributed by atoms with E-state index in [1.165, 1.54) is 0 Å². The van der Waals surface area contributed by atoms with Crippen LogP contribution in [0.3, 0.4) is 0 Å². The maximum Gasteiger partial charge on any atom is 0.160 e. The van der Waals surface area contributed by atoms with Crippen LogP contribution in [-0.4, -0.2) is 22.2 Å². The third-order valence-corrected chi connectivity index (χ3v) is 3.57. The van der Waals surface area contributed by atoms with Crippen molar-refractivity contribution < 1.29 is 9.84 Å². The van der Waals surface area contributed by atoms with Crippen LogP contribution in [0.5, 0.6) is 0 Å². The minimum atomic E-state index is -0.280. The lowest BCUT2D eigenvalue weighted by Gasteiger charge is -2.39. The summed E-state index contributed by atoms with van der Waals surface area (Å²) in [5.41, 5.74) is 1.47. The highest BCUT2D eigenvalue weighted by molar-refractivity contribution is 5.22. The molecule has 94 valence electrons. The number of methoxy groups -OCH3 is 1. The maximum atomic E-state index is 9.28. The monoisotopic (exact) mass is 236 g/mol. The highest BCUT2D eigenvalue weighted by atomic mass is 16.5. The van der Waals surface area contributed by atoms with Gasteiger partial charge in [0.15, 0.2) is 5.82 Å². The number of hydrogen-bond donors (Lipinski definition) is 1. The van der Waals surface area contributed by atoms with Crippen LogP contribution in [0.2, 0.25) is 0 Å². The molecule has 4 nitrogen and oxygen atoms in total. The molecule has 0 bridgehead atoms. The molecule has 1 heterocycles. The van der Waals surface area contributed by atoms with Crippen molar-refractivity contribution in [1.82, 2.24) is 9.97 Å². The lowest BCUT2D eigenvalue weighted by atomic mass is 9.79. The van der Waals surface area contributed by atoms with Gasteiger partial charge in [-0.1, -0.05) is 13.8 Å². The lowest BCUT2D eigenvalue weighted by molar-refractivity contribution is -0.0848. The molecule has 0 aromatic carbocycles. The maximum absolute atomic E-state index is 9.28. The Balaban J connectivity index is 2.40. The van der Waals surface area contributed by atoms with E-state index in [0.717, 1.165) is 36.3 Å². The second kappa shape index (κ2) is 4.70. The van der Waals surface area contributed by atoms with Crippen LogP contribution >= 0.6 is 0 Å². The van der Waals surface area contributed by atoms with E-state index in [0.29, 0.717) is 0 Å². The minimum absolute atomic E-state index is 0.00618. The zero-order valence-electron chi connectivity index (χ0n) is 10.7. The van der Waals surface area contributed by atoms with Crippen LogP contribution in [0.15, 0.2) is 6.20 Å². The Hall–Kier alpha value is -1.00. The molecular weight excluding hydrogens is 216 g/mol. The Morgan fingerprint density at radius 3 is 2.59 bits per heavy atom. The van der Waals surface area contributed by atoms with Crippen molar-refractivity contribution in [2.45, 2.75) is 51.2 Å². The van der Waals surface area contributed by atoms with E-state index in [2.05, 4.69) is 23.8 Å². The van der Waals surface area contributed by atoms with Gasteiger partial charge in [0, 0.05) is 18.9 Å². The Bertz CT molecular complexity index is 395. The van der Waals surface area contributed by atoms with E-state index in [1.54, 1.807) is 13.3 Å². The summed E-state index contributed by atoms with van der Waals surface area (Å²) >= 11 is 0. The summed E-state index contributed by atoms with van der Waals surface area (Å²) < 4.78 is 5.58. The van der Waals surface area contributed by atoms with Gasteiger partial charge in [-0.25, -0.2) is 9.97 Å². The third-order valence-electron chi connectivity index (χ3n) is 3.57. The molecule has 0 spiro atoms. The summed E-state index contributed by atoms with van der Waals surface area (Å²) in [6, 6.07) is 0. The average molecular weight is 236 g/mol. The molecule has 0 saturated heterocycles. The van der Waals surface area contributed by atoms with Crippen molar-refractivity contribution in [2.75, 3.05) is 7.11 Å². The fourth-order valence-electron chi connectivity index (χ4n) is 2.28. The van der Waals surface area contributed by atoms with E-state index >= 15 is 0 Å². The molecule has 1 N–H and O–H groups in total. The molecule has 0 atom stereocenters. The van der Waals surface area contributed by atoms with Crippen LogP contribution in [0.25, 0.3) is 0 Å². The van der Waals surface area contributed by atoms with Gasteiger partial charge in [0.25, 0.3) is 0 Å². The number of aromatic nitrogens is 2. The molecule has 4 heteroatoms. The zero-order valence-corrected chi connectivity index (χ0v) is 10.7. The highest BCUT2D eigenvalue weighted by Crippen LogP contribution is 2.42. The number of ether oxygens (including phenoxy) is 1. The summed E-state index contributed by atoms with van der Waals surface area (Å²) in [5, 5.41) is 9.28. The predicted molar refractivity (Wildman–Crippen MR) is 64.6 cm³/mol. The molecule has 1 aromatic rings. The molecular formula is C13H20N2O2. The number of rotatable bonds is 4. The van der Waals surface area contributed by atoms with E-state index in [1.807, 2.05) is 0 Å². The number of aliphatic hydroxyl groups is 1. The van der Waals surface area contributed by atoms with Gasteiger partial charge in [-0.2, -0.15) is 0 Å². The molecule has 17 heavy (non-hydrogen) atoms. The normalized spacial score (nSPS) is 18.2. The standard InChI is InChI=1S/C13H20N2O2/c1-9(2)11-10(8-16)7-14-12(15-11)13(17-3)5-4-6-13/h7,9,16H,4-6,8H2,1-3H3. The van der Waals surface area contributed by atoms with Crippen molar-refractivity contribution in [3.63, 3.8) is 0 Å². The summed E-state index contributed by atoms with van der Waals surface area (Å²) in [6.07, 6.45) is 4.87. The molecule has 2 rings (SSSR count). The largest absolute Gasteiger partial charge is 0.392 e. The predicted octanol–water partition coefficient (Wildman–Crippen LogP) is 2.12. The Morgan fingerprint density at radius 2 is 2.18 bits per heavy atom. The van der Waals surface area contributed by atoms with Crippen molar-refractivity contribution in [3.05, 3.63) is 23.3 Å². The van der Waals surface area contributed by atoms with Gasteiger partial charge in [0.05, 0.1) is 12.3 Å². The molecule has 1 aromatic heterocycles. The molecule has 0 aliphatic heterocycles. The van der Waals surface area contributed by atoms with Gasteiger partial charge >= 0.3 is 0 Å². The first-order chi connectivity index (χ1) is 8.13. The highest BCUT2D eigenvalue weighted by Gasteiger charge is 2.42. The first kappa shape index (κ1) is 12.5. The fourth-order valence-corrected chi connectivity index (χ4v) is 2.28. The number of aliphatic hydroxyl groups excluding tert-OH is 1. The van der Waals surface area contributed by atoms with E-state index in [-0.39, 0.29) is 18.1 Å². The quantitative estimate of drug-likeness (QED) is 0.870. The smallest absolute Gasteiger partial charge is 0.160 e. The van der Waals surface area contributed by atoms with Gasteiger partial charge in [-0.05, 0) is 25.2 Å². The molecule has 1 fully saturated rings. The summed E-state index contributed by atoms with van der Waals surface area (Å²) in [4.78, 5) is 8.97. The van der Waals surface area contributed by atoms with Crippen LogP contribution in [0, 0.1) is 0 Å². The van der Waals surface area contributed by atoms with Crippen LogP contribution in [-0.2, 0) is 16.9 Å². The van der Waals surface area contributed by atoms with E-state index < -0.39 is 0 Å². The van der Waals surface area contributed by atoms with Gasteiger partial charge in [0.2, 0.25) is 0 Å². The van der Waals surface area contributed by atoms with Crippen molar-refractivity contribution >= 4 is 0 Å². The molecule has 1 aliphatic carbocycles.